The molecule has 1 amide bonds. The molecule has 2 aliphatic rings. The van der Waals surface area contributed by atoms with Gasteiger partial charge in [0.15, 0.2) is 15.6 Å². The number of amides is 1. The Morgan fingerprint density at radius 2 is 2.05 bits per heavy atom. The first-order chi connectivity index (χ1) is 9.90. The third-order valence-corrected chi connectivity index (χ3v) is 6.49. The Kier molecular flexibility index (Phi) is 3.36. The number of fused-ring (bicyclic) bond motifs is 1. The first-order valence-electron chi connectivity index (χ1n) is 7.05. The van der Waals surface area contributed by atoms with Gasteiger partial charge in [-0.2, -0.15) is 0 Å². The smallest absolute Gasteiger partial charge is 0.231 e. The second-order valence-corrected chi connectivity index (χ2v) is 7.99. The van der Waals surface area contributed by atoms with Crippen molar-refractivity contribution in [1.29, 1.82) is 0 Å². The number of benzene rings is 1. The molecule has 0 radical (unpaired) electrons. The average Bonchev–Trinajstić information content (AvgIpc) is 2.72. The standard InChI is InChI=1S/C15H17NO4S/c1-16-12-6-5-10(8-11(12)9-14(16)17)15(18)13-4-2-3-7-21(13,19)20/h5-6,8,13H,2-4,7,9H2,1H3. The lowest BCUT2D eigenvalue weighted by Gasteiger charge is -2.21. The molecule has 2 heterocycles. The highest BCUT2D eigenvalue weighted by atomic mass is 32.2. The Hall–Kier alpha value is -1.69. The zero-order valence-electron chi connectivity index (χ0n) is 11.8. The van der Waals surface area contributed by atoms with Gasteiger partial charge in [-0.3, -0.25) is 9.59 Å². The third-order valence-electron chi connectivity index (χ3n) is 4.31. The molecule has 1 aromatic rings. The van der Waals surface area contributed by atoms with Gasteiger partial charge in [0.05, 0.1) is 12.2 Å². The van der Waals surface area contributed by atoms with Crippen molar-refractivity contribution in [2.75, 3.05) is 17.7 Å². The number of hydrogen-bond acceptors (Lipinski definition) is 4. The molecule has 0 spiro atoms. The number of hydrogen-bond donors (Lipinski definition) is 0. The normalized spacial score (nSPS) is 24.0. The molecule has 112 valence electrons. The molecule has 1 unspecified atom stereocenters. The Balaban J connectivity index is 1.93. The number of carbonyl (C=O) groups is 2. The van der Waals surface area contributed by atoms with E-state index in [4.69, 9.17) is 0 Å². The van der Waals surface area contributed by atoms with Crippen molar-refractivity contribution in [2.24, 2.45) is 0 Å². The molecule has 0 aromatic heterocycles. The SMILES string of the molecule is CN1C(=O)Cc2cc(C(=O)C3CCCCS3(=O)=O)ccc21. The van der Waals surface area contributed by atoms with Crippen LogP contribution < -0.4 is 4.90 Å². The molecule has 0 N–H and O–H groups in total. The predicted molar refractivity (Wildman–Crippen MR) is 79.3 cm³/mol. The van der Waals surface area contributed by atoms with E-state index in [0.717, 1.165) is 17.7 Å². The van der Waals surface area contributed by atoms with Crippen LogP contribution >= 0.6 is 0 Å². The molecule has 1 saturated heterocycles. The number of sulfone groups is 1. The zero-order valence-corrected chi connectivity index (χ0v) is 12.6. The van der Waals surface area contributed by atoms with Crippen molar-refractivity contribution >= 4 is 27.2 Å². The molecule has 21 heavy (non-hydrogen) atoms. The minimum absolute atomic E-state index is 0.0140. The highest BCUT2D eigenvalue weighted by Gasteiger charge is 2.36. The molecule has 1 aromatic carbocycles. The van der Waals surface area contributed by atoms with Crippen molar-refractivity contribution in [3.63, 3.8) is 0 Å². The number of Topliss-reactive ketones (excluding diaryl/α,β-unsaturated/α-hetero) is 1. The highest BCUT2D eigenvalue weighted by molar-refractivity contribution is 7.92. The molecule has 1 fully saturated rings. The summed E-state index contributed by atoms with van der Waals surface area (Å²) >= 11 is 0. The molecule has 3 rings (SSSR count). The van der Waals surface area contributed by atoms with Crippen LogP contribution in [0.3, 0.4) is 0 Å². The second-order valence-electron chi connectivity index (χ2n) is 5.69. The molecule has 0 saturated carbocycles. The molecule has 0 bridgehead atoms. The fourth-order valence-corrected chi connectivity index (χ4v) is 4.94. The molecule has 1 atom stereocenters. The number of nitrogens with zero attached hydrogens (tertiary/aromatic N) is 1. The monoisotopic (exact) mass is 307 g/mol. The average molecular weight is 307 g/mol. The molecule has 5 nitrogen and oxygen atoms in total. The van der Waals surface area contributed by atoms with Gasteiger partial charge < -0.3 is 4.90 Å². The molecular formula is C15H17NO4S. The van der Waals surface area contributed by atoms with Crippen LogP contribution in [-0.2, 0) is 21.1 Å². The summed E-state index contributed by atoms with van der Waals surface area (Å²) in [5.41, 5.74) is 1.98. The minimum Gasteiger partial charge on any atom is -0.315 e. The van der Waals surface area contributed by atoms with E-state index in [1.807, 2.05) is 0 Å². The molecule has 0 aliphatic carbocycles. The van der Waals surface area contributed by atoms with Crippen LogP contribution in [-0.4, -0.2) is 38.2 Å². The lowest BCUT2D eigenvalue weighted by molar-refractivity contribution is -0.117. The van der Waals surface area contributed by atoms with E-state index in [-0.39, 0.29) is 23.9 Å². The van der Waals surface area contributed by atoms with Gasteiger partial charge in [0.1, 0.15) is 5.25 Å². The number of likely N-dealkylation sites (N-methyl/N-ethyl adjacent to an activating group) is 1. The van der Waals surface area contributed by atoms with E-state index in [1.54, 1.807) is 30.1 Å². The van der Waals surface area contributed by atoms with Crippen molar-refractivity contribution in [2.45, 2.75) is 30.9 Å². The van der Waals surface area contributed by atoms with Gasteiger partial charge in [0.25, 0.3) is 0 Å². The molecular weight excluding hydrogens is 290 g/mol. The van der Waals surface area contributed by atoms with Gasteiger partial charge in [0, 0.05) is 18.3 Å². The number of carbonyl (C=O) groups excluding carboxylic acids is 2. The predicted octanol–water partition coefficient (Wildman–Crippen LogP) is 1.36. The first kappa shape index (κ1) is 14.3. The Morgan fingerprint density at radius 1 is 1.29 bits per heavy atom. The lowest BCUT2D eigenvalue weighted by atomic mass is 10.0. The summed E-state index contributed by atoms with van der Waals surface area (Å²) in [6, 6.07) is 5.02. The van der Waals surface area contributed by atoms with E-state index in [1.165, 1.54) is 0 Å². The van der Waals surface area contributed by atoms with Gasteiger partial charge >= 0.3 is 0 Å². The summed E-state index contributed by atoms with van der Waals surface area (Å²) < 4.78 is 24.1. The van der Waals surface area contributed by atoms with E-state index in [9.17, 15) is 18.0 Å². The zero-order chi connectivity index (χ0) is 15.2. The first-order valence-corrected chi connectivity index (χ1v) is 8.77. The summed E-state index contributed by atoms with van der Waals surface area (Å²) in [7, 11) is -1.64. The lowest BCUT2D eigenvalue weighted by Crippen LogP contribution is -2.35. The van der Waals surface area contributed by atoms with Crippen LogP contribution in [0.2, 0.25) is 0 Å². The van der Waals surface area contributed by atoms with Gasteiger partial charge in [-0.15, -0.1) is 0 Å². The van der Waals surface area contributed by atoms with Crippen molar-refractivity contribution in [1.82, 2.24) is 0 Å². The van der Waals surface area contributed by atoms with Gasteiger partial charge in [-0.05, 0) is 36.6 Å². The van der Waals surface area contributed by atoms with Crippen molar-refractivity contribution in [3.05, 3.63) is 29.3 Å². The Morgan fingerprint density at radius 3 is 2.76 bits per heavy atom. The third kappa shape index (κ3) is 2.37. The Bertz CT molecular complexity index is 723. The van der Waals surface area contributed by atoms with E-state index < -0.39 is 15.1 Å². The topological polar surface area (TPSA) is 71.5 Å². The largest absolute Gasteiger partial charge is 0.315 e. The van der Waals surface area contributed by atoms with Crippen molar-refractivity contribution < 1.29 is 18.0 Å². The quantitative estimate of drug-likeness (QED) is 0.773. The summed E-state index contributed by atoms with van der Waals surface area (Å²) in [5.74, 6) is -0.255. The molecule has 6 heteroatoms. The van der Waals surface area contributed by atoms with E-state index in [0.29, 0.717) is 18.4 Å². The summed E-state index contributed by atoms with van der Waals surface area (Å²) in [6.07, 6.45) is 2.07. The fourth-order valence-electron chi connectivity index (χ4n) is 3.06. The van der Waals surface area contributed by atoms with E-state index in [2.05, 4.69) is 0 Å². The van der Waals surface area contributed by atoms with Gasteiger partial charge in [-0.1, -0.05) is 6.42 Å². The number of ketones is 1. The van der Waals surface area contributed by atoms with Crippen molar-refractivity contribution in [3.8, 4) is 0 Å². The highest BCUT2D eigenvalue weighted by Crippen LogP contribution is 2.30. The van der Waals surface area contributed by atoms with Gasteiger partial charge in [0.2, 0.25) is 5.91 Å². The van der Waals surface area contributed by atoms with Crippen LogP contribution in [0, 0.1) is 0 Å². The summed E-state index contributed by atoms with van der Waals surface area (Å²) in [4.78, 5) is 25.7. The maximum atomic E-state index is 12.5. The van der Waals surface area contributed by atoms with Crippen LogP contribution in [0.4, 0.5) is 5.69 Å². The van der Waals surface area contributed by atoms with Crippen LogP contribution in [0.1, 0.15) is 35.2 Å². The van der Waals surface area contributed by atoms with Crippen LogP contribution in [0.15, 0.2) is 18.2 Å². The van der Waals surface area contributed by atoms with E-state index >= 15 is 0 Å². The summed E-state index contributed by atoms with van der Waals surface area (Å²) in [6.45, 7) is 0. The van der Waals surface area contributed by atoms with Gasteiger partial charge in [-0.25, -0.2) is 8.42 Å². The minimum atomic E-state index is -3.33. The fraction of sp³-hybridized carbons (Fsp3) is 0.467. The number of anilines is 1. The maximum absolute atomic E-state index is 12.5. The molecule has 2 aliphatic heterocycles. The number of rotatable bonds is 2. The van der Waals surface area contributed by atoms with Crippen LogP contribution in [0.5, 0.6) is 0 Å². The maximum Gasteiger partial charge on any atom is 0.231 e. The second kappa shape index (κ2) is 4.94. The van der Waals surface area contributed by atoms with Crippen LogP contribution in [0.25, 0.3) is 0 Å². The summed E-state index contributed by atoms with van der Waals surface area (Å²) in [5, 5.41) is -0.917. The Labute approximate surface area is 123 Å².